The van der Waals surface area contributed by atoms with E-state index in [1.165, 1.54) is 36.0 Å². The van der Waals surface area contributed by atoms with Gasteiger partial charge in [0.2, 0.25) is 6.43 Å². The number of anilines is 1. The fourth-order valence-corrected chi connectivity index (χ4v) is 4.90. The van der Waals surface area contributed by atoms with Gasteiger partial charge >= 0.3 is 0 Å². The molecule has 0 radical (unpaired) electrons. The molecule has 29 heavy (non-hydrogen) atoms. The van der Waals surface area contributed by atoms with Gasteiger partial charge in [-0.05, 0) is 79.0 Å². The van der Waals surface area contributed by atoms with Crippen LogP contribution in [-0.2, 0) is 25.7 Å². The van der Waals surface area contributed by atoms with Gasteiger partial charge in [0.15, 0.2) is 0 Å². The molecule has 0 unspecified atom stereocenters. The van der Waals surface area contributed by atoms with E-state index in [9.17, 15) is 8.78 Å². The molecule has 4 rings (SSSR count). The Morgan fingerprint density at radius 1 is 1.07 bits per heavy atom. The van der Waals surface area contributed by atoms with E-state index < -0.39 is 6.43 Å². The molecular formula is C24H26F2N2S. The van der Waals surface area contributed by atoms with Crippen molar-refractivity contribution in [2.75, 3.05) is 5.73 Å². The Morgan fingerprint density at radius 3 is 2.66 bits per heavy atom. The SMILES string of the molecule is Cc1cc(N)c(CCC(F)F)cc1Cc1nc(-c2ccc3c(c2)CCCC3)cs1. The molecule has 2 N–H and O–H groups in total. The summed E-state index contributed by atoms with van der Waals surface area (Å²) in [4.78, 5) is 4.86. The second kappa shape index (κ2) is 8.62. The Kier molecular flexibility index (Phi) is 5.95. The van der Waals surface area contributed by atoms with Crippen molar-refractivity contribution in [3.8, 4) is 11.3 Å². The van der Waals surface area contributed by atoms with Gasteiger partial charge in [-0.3, -0.25) is 0 Å². The number of nitrogen functional groups attached to an aromatic ring is 1. The maximum Gasteiger partial charge on any atom is 0.239 e. The van der Waals surface area contributed by atoms with Gasteiger partial charge in [-0.25, -0.2) is 13.8 Å². The summed E-state index contributed by atoms with van der Waals surface area (Å²) < 4.78 is 25.2. The molecule has 1 heterocycles. The number of benzene rings is 2. The number of nitrogens with two attached hydrogens (primary N) is 1. The Balaban J connectivity index is 1.54. The number of thiazole rings is 1. The first-order chi connectivity index (χ1) is 14.0. The van der Waals surface area contributed by atoms with Crippen molar-refractivity contribution in [2.24, 2.45) is 0 Å². The molecule has 2 nitrogen and oxygen atoms in total. The molecule has 5 heteroatoms. The molecule has 0 bridgehead atoms. The van der Waals surface area contributed by atoms with Crippen LogP contribution in [0.4, 0.5) is 14.5 Å². The molecule has 2 aromatic carbocycles. The lowest BCUT2D eigenvalue weighted by molar-refractivity contribution is 0.138. The summed E-state index contributed by atoms with van der Waals surface area (Å²) in [5.74, 6) is 0. The number of nitrogens with zero attached hydrogens (tertiary/aromatic N) is 1. The van der Waals surface area contributed by atoms with Gasteiger partial charge in [-0.15, -0.1) is 11.3 Å². The van der Waals surface area contributed by atoms with Crippen LogP contribution in [0.3, 0.4) is 0 Å². The topological polar surface area (TPSA) is 38.9 Å². The third-order valence-corrected chi connectivity index (χ3v) is 6.62. The zero-order valence-corrected chi connectivity index (χ0v) is 17.5. The van der Waals surface area contributed by atoms with Crippen LogP contribution in [0, 0.1) is 6.92 Å². The van der Waals surface area contributed by atoms with Gasteiger partial charge in [0.1, 0.15) is 0 Å². The summed E-state index contributed by atoms with van der Waals surface area (Å²) >= 11 is 1.65. The monoisotopic (exact) mass is 412 g/mol. The van der Waals surface area contributed by atoms with Crippen molar-refractivity contribution in [2.45, 2.75) is 58.3 Å². The summed E-state index contributed by atoms with van der Waals surface area (Å²) in [5.41, 5.74) is 14.8. The van der Waals surface area contributed by atoms with E-state index in [1.807, 2.05) is 19.1 Å². The van der Waals surface area contributed by atoms with Crippen LogP contribution < -0.4 is 5.73 Å². The molecule has 0 atom stereocenters. The predicted molar refractivity (Wildman–Crippen MR) is 117 cm³/mol. The normalized spacial score (nSPS) is 13.7. The van der Waals surface area contributed by atoms with E-state index >= 15 is 0 Å². The summed E-state index contributed by atoms with van der Waals surface area (Å²) in [5, 5.41) is 3.15. The Bertz CT molecular complexity index is 1010. The molecule has 1 aliphatic carbocycles. The number of alkyl halides is 2. The van der Waals surface area contributed by atoms with Crippen molar-refractivity contribution in [1.82, 2.24) is 4.98 Å². The number of aryl methyl sites for hydroxylation is 4. The summed E-state index contributed by atoms with van der Waals surface area (Å²) in [6, 6.07) is 10.6. The minimum absolute atomic E-state index is 0.160. The molecule has 0 saturated heterocycles. The lowest BCUT2D eigenvalue weighted by atomic mass is 9.90. The molecule has 0 fully saturated rings. The first kappa shape index (κ1) is 20.0. The first-order valence-electron chi connectivity index (χ1n) is 10.2. The minimum atomic E-state index is -2.31. The Labute approximate surface area is 174 Å². The predicted octanol–water partition coefficient (Wildman–Crippen LogP) is 6.37. The highest BCUT2D eigenvalue weighted by molar-refractivity contribution is 7.10. The zero-order chi connectivity index (χ0) is 20.4. The molecule has 3 aromatic rings. The van der Waals surface area contributed by atoms with Crippen LogP contribution >= 0.6 is 11.3 Å². The second-order valence-corrected chi connectivity index (χ2v) is 8.84. The van der Waals surface area contributed by atoms with Crippen molar-refractivity contribution in [3.05, 3.63) is 68.5 Å². The molecule has 152 valence electrons. The largest absolute Gasteiger partial charge is 0.398 e. The molecule has 1 aromatic heterocycles. The summed E-state index contributed by atoms with van der Waals surface area (Å²) in [6.45, 7) is 2.01. The number of fused-ring (bicyclic) bond motifs is 1. The third-order valence-electron chi connectivity index (χ3n) is 5.77. The highest BCUT2D eigenvalue weighted by Crippen LogP contribution is 2.30. The van der Waals surface area contributed by atoms with Crippen LogP contribution in [0.5, 0.6) is 0 Å². The highest BCUT2D eigenvalue weighted by Gasteiger charge is 2.14. The number of hydrogen-bond donors (Lipinski definition) is 1. The first-order valence-corrected chi connectivity index (χ1v) is 11.1. The maximum absolute atomic E-state index is 12.6. The van der Waals surface area contributed by atoms with E-state index in [4.69, 9.17) is 10.7 Å². The number of aromatic nitrogens is 1. The van der Waals surface area contributed by atoms with Gasteiger partial charge in [0.25, 0.3) is 0 Å². The number of hydrogen-bond acceptors (Lipinski definition) is 3. The van der Waals surface area contributed by atoms with Crippen LogP contribution in [-0.4, -0.2) is 11.4 Å². The molecular weight excluding hydrogens is 386 g/mol. The van der Waals surface area contributed by atoms with Gasteiger partial charge in [-0.1, -0.05) is 18.2 Å². The number of rotatable bonds is 6. The van der Waals surface area contributed by atoms with Crippen LogP contribution in [0.2, 0.25) is 0 Å². The molecule has 0 saturated carbocycles. The van der Waals surface area contributed by atoms with Crippen molar-refractivity contribution in [3.63, 3.8) is 0 Å². The van der Waals surface area contributed by atoms with Crippen molar-refractivity contribution >= 4 is 17.0 Å². The van der Waals surface area contributed by atoms with Crippen LogP contribution in [0.15, 0.2) is 35.7 Å². The van der Waals surface area contributed by atoms with Gasteiger partial charge in [-0.2, -0.15) is 0 Å². The molecule has 0 aliphatic heterocycles. The highest BCUT2D eigenvalue weighted by atomic mass is 32.1. The Hall–Kier alpha value is -2.27. The molecule has 0 amide bonds. The van der Waals surface area contributed by atoms with E-state index in [0.29, 0.717) is 18.5 Å². The maximum atomic E-state index is 12.6. The lowest BCUT2D eigenvalue weighted by Crippen LogP contribution is -2.03. The van der Waals surface area contributed by atoms with Gasteiger partial charge < -0.3 is 5.73 Å². The average molecular weight is 413 g/mol. The lowest BCUT2D eigenvalue weighted by Gasteiger charge is -2.16. The van der Waals surface area contributed by atoms with Crippen molar-refractivity contribution < 1.29 is 8.78 Å². The average Bonchev–Trinajstić information content (AvgIpc) is 3.17. The fourth-order valence-electron chi connectivity index (χ4n) is 4.08. The second-order valence-electron chi connectivity index (χ2n) is 7.90. The van der Waals surface area contributed by atoms with E-state index in [1.54, 1.807) is 11.3 Å². The Morgan fingerprint density at radius 2 is 1.86 bits per heavy atom. The van der Waals surface area contributed by atoms with Gasteiger partial charge in [0.05, 0.1) is 10.7 Å². The van der Waals surface area contributed by atoms with Crippen molar-refractivity contribution in [1.29, 1.82) is 0 Å². The molecule has 0 spiro atoms. The standard InChI is InChI=1S/C24H26F2N2S/c1-15-10-21(27)18(8-9-23(25)26)12-20(15)13-24-28-22(14-29-24)19-7-6-16-4-2-3-5-17(16)11-19/h6-7,10-12,14,23H,2-5,8-9,13,27H2,1H3. The third kappa shape index (κ3) is 4.67. The summed E-state index contributed by atoms with van der Waals surface area (Å²) in [7, 11) is 0. The smallest absolute Gasteiger partial charge is 0.239 e. The van der Waals surface area contributed by atoms with E-state index in [0.717, 1.165) is 33.8 Å². The fraction of sp³-hybridized carbons (Fsp3) is 0.375. The van der Waals surface area contributed by atoms with Crippen LogP contribution in [0.25, 0.3) is 11.3 Å². The molecule has 1 aliphatic rings. The quantitative estimate of drug-likeness (QED) is 0.478. The van der Waals surface area contributed by atoms with E-state index in [-0.39, 0.29) is 6.42 Å². The number of halogens is 2. The minimum Gasteiger partial charge on any atom is -0.398 e. The van der Waals surface area contributed by atoms with E-state index in [2.05, 4.69) is 23.6 Å². The summed E-state index contributed by atoms with van der Waals surface area (Å²) in [6.07, 6.45) is 3.42. The van der Waals surface area contributed by atoms with Crippen LogP contribution in [0.1, 0.15) is 52.1 Å². The van der Waals surface area contributed by atoms with Gasteiger partial charge in [0, 0.05) is 29.5 Å². The zero-order valence-electron chi connectivity index (χ0n) is 16.7.